The molecule has 2 aromatic carbocycles. The van der Waals surface area contributed by atoms with Gasteiger partial charge in [0.1, 0.15) is 0 Å². The molecule has 0 spiro atoms. The van der Waals surface area contributed by atoms with Crippen LogP contribution >= 0.6 is 11.8 Å². The molecule has 2 rings (SSSR count). The van der Waals surface area contributed by atoms with E-state index in [-0.39, 0.29) is 4.75 Å². The summed E-state index contributed by atoms with van der Waals surface area (Å²) >= 11 is 1.95. The van der Waals surface area contributed by atoms with Gasteiger partial charge in [-0.3, -0.25) is 0 Å². The van der Waals surface area contributed by atoms with Gasteiger partial charge in [-0.2, -0.15) is 0 Å². The lowest BCUT2D eigenvalue weighted by atomic mass is 9.89. The Morgan fingerprint density at radius 1 is 0.833 bits per heavy atom. The Kier molecular flexibility index (Phi) is 4.13. The smallest absolute Gasteiger partial charge is 0.0450 e. The van der Waals surface area contributed by atoms with Crippen molar-refractivity contribution >= 4 is 11.8 Å². The van der Waals surface area contributed by atoms with Gasteiger partial charge in [-0.15, -0.1) is 11.8 Å². The van der Waals surface area contributed by atoms with E-state index >= 15 is 0 Å². The molecule has 2 aromatic rings. The first kappa shape index (κ1) is 13.2. The summed E-state index contributed by atoms with van der Waals surface area (Å²) in [5.74, 6) is 0.574. The van der Waals surface area contributed by atoms with Gasteiger partial charge in [-0.25, -0.2) is 0 Å². The minimum atomic E-state index is 0.114. The van der Waals surface area contributed by atoms with Gasteiger partial charge >= 0.3 is 0 Å². The fourth-order valence-electron chi connectivity index (χ4n) is 2.01. The van der Waals surface area contributed by atoms with Crippen LogP contribution in [0.4, 0.5) is 0 Å². The van der Waals surface area contributed by atoms with Crippen molar-refractivity contribution in [1.29, 1.82) is 0 Å². The predicted octanol–water partition coefficient (Wildman–Crippen LogP) is 5.35. The maximum Gasteiger partial charge on any atom is 0.0450 e. The van der Waals surface area contributed by atoms with Gasteiger partial charge < -0.3 is 0 Å². The first-order chi connectivity index (χ1) is 8.63. The number of hydrogen-bond acceptors (Lipinski definition) is 1. The van der Waals surface area contributed by atoms with E-state index < -0.39 is 0 Å². The van der Waals surface area contributed by atoms with E-state index in [0.29, 0.717) is 5.92 Å². The average Bonchev–Trinajstić information content (AvgIpc) is 2.40. The summed E-state index contributed by atoms with van der Waals surface area (Å²) in [7, 11) is 0. The first-order valence-corrected chi connectivity index (χ1v) is 7.24. The van der Waals surface area contributed by atoms with Crippen molar-refractivity contribution in [2.24, 2.45) is 5.92 Å². The van der Waals surface area contributed by atoms with E-state index in [4.69, 9.17) is 0 Å². The summed E-state index contributed by atoms with van der Waals surface area (Å²) in [5, 5.41) is 0. The lowest BCUT2D eigenvalue weighted by Crippen LogP contribution is -2.24. The highest BCUT2D eigenvalue weighted by Gasteiger charge is 2.31. The molecule has 1 heteroatoms. The van der Waals surface area contributed by atoms with Crippen LogP contribution in [-0.4, -0.2) is 0 Å². The molecule has 0 nitrogen and oxygen atoms in total. The molecule has 0 heterocycles. The second-order valence-corrected chi connectivity index (χ2v) is 6.57. The maximum atomic E-state index is 2.34. The maximum absolute atomic E-state index is 2.34. The van der Waals surface area contributed by atoms with E-state index in [0.717, 1.165) is 0 Å². The lowest BCUT2D eigenvalue weighted by molar-refractivity contribution is 0.486. The molecule has 0 radical (unpaired) electrons. The Hall–Kier alpha value is -1.21. The van der Waals surface area contributed by atoms with E-state index in [1.807, 2.05) is 11.8 Å². The van der Waals surface area contributed by atoms with Crippen molar-refractivity contribution < 1.29 is 0 Å². The number of hydrogen-bond donors (Lipinski definition) is 0. The van der Waals surface area contributed by atoms with Gasteiger partial charge in [0.25, 0.3) is 0 Å². The minimum absolute atomic E-state index is 0.114. The molecule has 0 aliphatic rings. The fraction of sp³-hybridized carbons (Fsp3) is 0.294. The summed E-state index contributed by atoms with van der Waals surface area (Å²) in [6.07, 6.45) is 0. The fourth-order valence-corrected chi connectivity index (χ4v) is 3.29. The van der Waals surface area contributed by atoms with Crippen LogP contribution in [0.1, 0.15) is 26.3 Å². The molecule has 0 fully saturated rings. The molecule has 0 aliphatic carbocycles. The van der Waals surface area contributed by atoms with E-state index in [1.54, 1.807) is 0 Å². The van der Waals surface area contributed by atoms with Crippen LogP contribution in [0.5, 0.6) is 0 Å². The molecule has 1 atom stereocenters. The molecule has 0 saturated carbocycles. The zero-order valence-electron chi connectivity index (χ0n) is 11.3. The SMILES string of the molecule is CC(C)C(C)(Sc1ccccc1)c1ccccc1. The largest absolute Gasteiger partial charge is 0.115 e. The molecule has 0 bridgehead atoms. The second kappa shape index (κ2) is 5.62. The van der Waals surface area contributed by atoms with Crippen LogP contribution in [-0.2, 0) is 4.75 Å². The van der Waals surface area contributed by atoms with Crippen LogP contribution in [0, 0.1) is 5.92 Å². The van der Waals surface area contributed by atoms with Gasteiger partial charge in [0, 0.05) is 9.64 Å². The van der Waals surface area contributed by atoms with E-state index in [1.165, 1.54) is 10.5 Å². The Balaban J connectivity index is 2.34. The number of rotatable bonds is 4. The Morgan fingerprint density at radius 3 is 1.83 bits per heavy atom. The Morgan fingerprint density at radius 2 is 1.33 bits per heavy atom. The van der Waals surface area contributed by atoms with Crippen molar-refractivity contribution in [1.82, 2.24) is 0 Å². The Labute approximate surface area is 114 Å². The highest BCUT2D eigenvalue weighted by molar-refractivity contribution is 8.00. The van der Waals surface area contributed by atoms with Gasteiger partial charge in [0.05, 0.1) is 0 Å². The average molecular weight is 256 g/mol. The molecule has 0 aliphatic heterocycles. The van der Waals surface area contributed by atoms with Crippen molar-refractivity contribution in [2.45, 2.75) is 30.4 Å². The summed E-state index contributed by atoms with van der Waals surface area (Å²) in [4.78, 5) is 1.33. The molecule has 0 N–H and O–H groups in total. The molecular weight excluding hydrogens is 236 g/mol. The minimum Gasteiger partial charge on any atom is -0.115 e. The van der Waals surface area contributed by atoms with Gasteiger partial charge in [0.2, 0.25) is 0 Å². The zero-order chi connectivity index (χ0) is 13.0. The first-order valence-electron chi connectivity index (χ1n) is 6.42. The number of benzene rings is 2. The molecule has 0 aromatic heterocycles. The highest BCUT2D eigenvalue weighted by atomic mass is 32.2. The summed E-state index contributed by atoms with van der Waals surface area (Å²) in [6.45, 7) is 6.93. The molecular formula is C17H20S. The summed E-state index contributed by atoms with van der Waals surface area (Å²) < 4.78 is 0.114. The Bertz CT molecular complexity index is 475. The second-order valence-electron chi connectivity index (χ2n) is 5.04. The van der Waals surface area contributed by atoms with Crippen molar-refractivity contribution in [3.63, 3.8) is 0 Å². The normalized spacial score (nSPS) is 14.4. The van der Waals surface area contributed by atoms with Crippen LogP contribution in [0.25, 0.3) is 0 Å². The van der Waals surface area contributed by atoms with Crippen molar-refractivity contribution in [3.05, 3.63) is 66.2 Å². The van der Waals surface area contributed by atoms with Gasteiger partial charge in [-0.05, 0) is 30.5 Å². The van der Waals surface area contributed by atoms with Crippen molar-refractivity contribution in [2.75, 3.05) is 0 Å². The third-order valence-electron chi connectivity index (χ3n) is 3.52. The predicted molar refractivity (Wildman–Crippen MR) is 80.9 cm³/mol. The third-order valence-corrected chi connectivity index (χ3v) is 5.16. The topological polar surface area (TPSA) is 0 Å². The molecule has 0 amide bonds. The van der Waals surface area contributed by atoms with Gasteiger partial charge in [0.15, 0.2) is 0 Å². The van der Waals surface area contributed by atoms with E-state index in [2.05, 4.69) is 81.4 Å². The van der Waals surface area contributed by atoms with E-state index in [9.17, 15) is 0 Å². The molecule has 18 heavy (non-hydrogen) atoms. The summed E-state index contributed by atoms with van der Waals surface area (Å²) in [6, 6.07) is 21.5. The van der Waals surface area contributed by atoms with Gasteiger partial charge in [-0.1, -0.05) is 62.4 Å². The monoisotopic (exact) mass is 256 g/mol. The number of thioether (sulfide) groups is 1. The third kappa shape index (κ3) is 2.78. The zero-order valence-corrected chi connectivity index (χ0v) is 12.1. The quantitative estimate of drug-likeness (QED) is 0.664. The highest BCUT2D eigenvalue weighted by Crippen LogP contribution is 2.46. The summed E-state index contributed by atoms with van der Waals surface area (Å²) in [5.41, 5.74) is 1.40. The molecule has 0 saturated heterocycles. The molecule has 1 unspecified atom stereocenters. The molecule has 94 valence electrons. The lowest BCUT2D eigenvalue weighted by Gasteiger charge is -2.34. The van der Waals surface area contributed by atoms with Crippen LogP contribution in [0.3, 0.4) is 0 Å². The van der Waals surface area contributed by atoms with Crippen LogP contribution in [0.15, 0.2) is 65.6 Å². The van der Waals surface area contributed by atoms with Crippen LogP contribution < -0.4 is 0 Å². The van der Waals surface area contributed by atoms with Crippen LogP contribution in [0.2, 0.25) is 0 Å². The standard InChI is InChI=1S/C17H20S/c1-14(2)17(3,15-10-6-4-7-11-15)18-16-12-8-5-9-13-16/h4-14H,1-3H3. The van der Waals surface area contributed by atoms with Crippen molar-refractivity contribution in [3.8, 4) is 0 Å².